The minimum Gasteiger partial charge on any atom is -0.497 e. The fraction of sp³-hybridized carbons (Fsp3) is 0.588. The summed E-state index contributed by atoms with van der Waals surface area (Å²) in [4.78, 5) is 12.4. The first-order valence-corrected chi connectivity index (χ1v) is 10.1. The largest absolute Gasteiger partial charge is 0.497 e. The zero-order valence-corrected chi connectivity index (χ0v) is 15.7. The van der Waals surface area contributed by atoms with Gasteiger partial charge in [-0.25, -0.2) is 12.7 Å². The molecular formula is C17H26N2O5S. The number of sulfonamides is 1. The molecule has 0 radical (unpaired) electrons. The minimum atomic E-state index is -3.18. The van der Waals surface area contributed by atoms with Gasteiger partial charge in [0.05, 0.1) is 19.5 Å². The Labute approximate surface area is 149 Å². The predicted molar refractivity (Wildman–Crippen MR) is 94.9 cm³/mol. The van der Waals surface area contributed by atoms with E-state index < -0.39 is 10.0 Å². The number of nitrogens with one attached hydrogen (secondary N) is 1. The van der Waals surface area contributed by atoms with Crippen LogP contribution in [0.2, 0.25) is 0 Å². The van der Waals surface area contributed by atoms with E-state index in [2.05, 4.69) is 5.32 Å². The van der Waals surface area contributed by atoms with E-state index in [0.717, 1.165) is 11.3 Å². The highest BCUT2D eigenvalue weighted by Gasteiger charge is 2.29. The second-order valence-corrected chi connectivity index (χ2v) is 8.16. The monoisotopic (exact) mass is 370 g/mol. The van der Waals surface area contributed by atoms with Crippen molar-refractivity contribution in [1.29, 1.82) is 0 Å². The van der Waals surface area contributed by atoms with Gasteiger partial charge in [-0.05, 0) is 30.5 Å². The number of rotatable bonds is 7. The topological polar surface area (TPSA) is 84.9 Å². The molecule has 0 aromatic heterocycles. The van der Waals surface area contributed by atoms with Crippen molar-refractivity contribution in [3.8, 4) is 5.75 Å². The van der Waals surface area contributed by atoms with Crippen LogP contribution in [-0.2, 0) is 19.6 Å². The van der Waals surface area contributed by atoms with Crippen molar-refractivity contribution in [2.75, 3.05) is 40.1 Å². The van der Waals surface area contributed by atoms with E-state index in [0.29, 0.717) is 32.5 Å². The summed E-state index contributed by atoms with van der Waals surface area (Å²) < 4.78 is 35.2. The molecule has 2 rings (SSSR count). The zero-order valence-electron chi connectivity index (χ0n) is 14.9. The highest BCUT2D eigenvalue weighted by molar-refractivity contribution is 7.88. The molecule has 0 saturated carbocycles. The highest BCUT2D eigenvalue weighted by atomic mass is 32.2. The van der Waals surface area contributed by atoms with Crippen LogP contribution in [0.4, 0.5) is 0 Å². The molecule has 0 spiro atoms. The molecule has 1 N–H and O–H groups in total. The number of amides is 1. The maximum Gasteiger partial charge on any atom is 0.223 e. The van der Waals surface area contributed by atoms with E-state index in [4.69, 9.17) is 9.47 Å². The van der Waals surface area contributed by atoms with Gasteiger partial charge in [-0.3, -0.25) is 4.79 Å². The van der Waals surface area contributed by atoms with Gasteiger partial charge in [0.2, 0.25) is 15.9 Å². The fourth-order valence-electron chi connectivity index (χ4n) is 2.97. The molecule has 0 aliphatic carbocycles. The molecule has 1 aromatic rings. The first kappa shape index (κ1) is 19.7. The van der Waals surface area contributed by atoms with Crippen LogP contribution < -0.4 is 10.1 Å². The summed E-state index contributed by atoms with van der Waals surface area (Å²) in [6.45, 7) is 1.13. The lowest BCUT2D eigenvalue weighted by Crippen LogP contribution is -2.43. The van der Waals surface area contributed by atoms with Crippen LogP contribution in [0.5, 0.6) is 5.75 Å². The SMILES string of the molecule is COc1cccc(C(CNC(=O)C2CCN(S(C)(=O)=O)CC2)OC)c1. The summed E-state index contributed by atoms with van der Waals surface area (Å²) in [5, 5.41) is 2.92. The van der Waals surface area contributed by atoms with Gasteiger partial charge in [0, 0.05) is 32.7 Å². The van der Waals surface area contributed by atoms with Gasteiger partial charge >= 0.3 is 0 Å². The van der Waals surface area contributed by atoms with Gasteiger partial charge in [-0.2, -0.15) is 0 Å². The lowest BCUT2D eigenvalue weighted by molar-refractivity contribution is -0.126. The fourth-order valence-corrected chi connectivity index (χ4v) is 3.84. The predicted octanol–water partition coefficient (Wildman–Crippen LogP) is 1.17. The Morgan fingerprint density at radius 2 is 2.00 bits per heavy atom. The summed E-state index contributed by atoms with van der Waals surface area (Å²) >= 11 is 0. The first-order chi connectivity index (χ1) is 11.8. The van der Waals surface area contributed by atoms with Crippen LogP contribution in [0.3, 0.4) is 0 Å². The number of nitrogens with zero attached hydrogens (tertiary/aromatic N) is 1. The Morgan fingerprint density at radius 3 is 2.56 bits per heavy atom. The number of ether oxygens (including phenoxy) is 2. The molecule has 25 heavy (non-hydrogen) atoms. The molecule has 1 unspecified atom stereocenters. The normalized spacial score (nSPS) is 17.9. The number of hydrogen-bond donors (Lipinski definition) is 1. The second kappa shape index (κ2) is 8.64. The molecule has 140 valence electrons. The highest BCUT2D eigenvalue weighted by Crippen LogP contribution is 2.22. The van der Waals surface area contributed by atoms with Crippen LogP contribution in [0.25, 0.3) is 0 Å². The summed E-state index contributed by atoms with van der Waals surface area (Å²) in [6, 6.07) is 7.53. The van der Waals surface area contributed by atoms with E-state index in [1.54, 1.807) is 14.2 Å². The van der Waals surface area contributed by atoms with E-state index in [1.807, 2.05) is 24.3 Å². The molecule has 1 atom stereocenters. The number of carbonyl (C=O) groups is 1. The first-order valence-electron chi connectivity index (χ1n) is 8.24. The van der Waals surface area contributed by atoms with Gasteiger partial charge in [-0.1, -0.05) is 12.1 Å². The molecule has 1 saturated heterocycles. The third-order valence-electron chi connectivity index (χ3n) is 4.51. The summed E-state index contributed by atoms with van der Waals surface area (Å²) in [6.07, 6.45) is 2.01. The van der Waals surface area contributed by atoms with Crippen LogP contribution in [0.1, 0.15) is 24.5 Å². The van der Waals surface area contributed by atoms with Crippen molar-refractivity contribution in [2.24, 2.45) is 5.92 Å². The zero-order chi connectivity index (χ0) is 18.4. The Hall–Kier alpha value is -1.64. The lowest BCUT2D eigenvalue weighted by Gasteiger charge is -2.29. The van der Waals surface area contributed by atoms with Gasteiger partial charge in [0.1, 0.15) is 5.75 Å². The average molecular weight is 370 g/mol. The minimum absolute atomic E-state index is 0.0573. The van der Waals surface area contributed by atoms with Crippen molar-refractivity contribution in [3.63, 3.8) is 0 Å². The summed E-state index contributed by atoms with van der Waals surface area (Å²) in [5.74, 6) is 0.512. The molecular weight excluding hydrogens is 344 g/mol. The molecule has 1 amide bonds. The van der Waals surface area contributed by atoms with E-state index in [1.165, 1.54) is 10.6 Å². The van der Waals surface area contributed by atoms with Crippen LogP contribution in [0.15, 0.2) is 24.3 Å². The number of hydrogen-bond acceptors (Lipinski definition) is 5. The Balaban J connectivity index is 1.88. The third kappa shape index (κ3) is 5.42. The summed E-state index contributed by atoms with van der Waals surface area (Å²) in [7, 11) is 0.0233. The van der Waals surface area contributed by atoms with Crippen LogP contribution in [0, 0.1) is 5.92 Å². The van der Waals surface area contributed by atoms with Gasteiger partial charge in [0.25, 0.3) is 0 Å². The molecule has 7 nitrogen and oxygen atoms in total. The average Bonchev–Trinajstić information content (AvgIpc) is 2.61. The van der Waals surface area contributed by atoms with E-state index in [9.17, 15) is 13.2 Å². The van der Waals surface area contributed by atoms with Crippen LogP contribution in [-0.4, -0.2) is 58.7 Å². The standard InChI is InChI=1S/C17H26N2O5S/c1-23-15-6-4-5-14(11-15)16(24-2)12-18-17(20)13-7-9-19(10-8-13)25(3,21)22/h4-6,11,13,16H,7-10,12H2,1-3H3,(H,18,20). The molecule has 1 heterocycles. The molecule has 1 aliphatic heterocycles. The maximum atomic E-state index is 12.4. The van der Waals surface area contributed by atoms with Gasteiger partial charge in [-0.15, -0.1) is 0 Å². The molecule has 0 bridgehead atoms. The Kier molecular flexibility index (Phi) is 6.80. The van der Waals surface area contributed by atoms with Crippen molar-refractivity contribution in [2.45, 2.75) is 18.9 Å². The Bertz CT molecular complexity index is 684. The molecule has 8 heteroatoms. The van der Waals surface area contributed by atoms with Gasteiger partial charge in [0.15, 0.2) is 0 Å². The van der Waals surface area contributed by atoms with E-state index in [-0.39, 0.29) is 17.9 Å². The number of piperidine rings is 1. The van der Waals surface area contributed by atoms with Crippen molar-refractivity contribution < 1.29 is 22.7 Å². The quantitative estimate of drug-likeness (QED) is 0.779. The molecule has 1 fully saturated rings. The number of methoxy groups -OCH3 is 2. The van der Waals surface area contributed by atoms with Crippen LogP contribution >= 0.6 is 0 Å². The summed E-state index contributed by atoms with van der Waals surface area (Å²) in [5.41, 5.74) is 0.925. The number of benzene rings is 1. The van der Waals surface area contributed by atoms with Crippen molar-refractivity contribution in [3.05, 3.63) is 29.8 Å². The Morgan fingerprint density at radius 1 is 1.32 bits per heavy atom. The van der Waals surface area contributed by atoms with E-state index >= 15 is 0 Å². The van der Waals surface area contributed by atoms with Crippen molar-refractivity contribution >= 4 is 15.9 Å². The lowest BCUT2D eigenvalue weighted by atomic mass is 9.97. The molecule has 1 aliphatic rings. The van der Waals surface area contributed by atoms with Gasteiger partial charge < -0.3 is 14.8 Å². The van der Waals surface area contributed by atoms with Crippen molar-refractivity contribution in [1.82, 2.24) is 9.62 Å². The maximum absolute atomic E-state index is 12.4. The smallest absolute Gasteiger partial charge is 0.223 e. The number of carbonyl (C=O) groups excluding carboxylic acids is 1. The molecule has 1 aromatic carbocycles. The second-order valence-electron chi connectivity index (χ2n) is 6.18. The third-order valence-corrected chi connectivity index (χ3v) is 5.81.